The predicted octanol–water partition coefficient (Wildman–Crippen LogP) is 4.13. The molecule has 0 unspecified atom stereocenters. The van der Waals surface area contributed by atoms with Crippen LogP contribution in [0.5, 0.6) is 0 Å². The van der Waals surface area contributed by atoms with Crippen LogP contribution in [0.15, 0.2) is 21.7 Å². The zero-order valence-corrected chi connectivity index (χ0v) is 15.0. The molecule has 1 N–H and O–H groups in total. The highest BCUT2D eigenvalue weighted by Crippen LogP contribution is 2.38. The van der Waals surface area contributed by atoms with E-state index in [1.165, 1.54) is 11.1 Å². The van der Waals surface area contributed by atoms with E-state index in [0.29, 0.717) is 11.9 Å². The second-order valence-electron chi connectivity index (χ2n) is 6.54. The lowest BCUT2D eigenvalue weighted by Gasteiger charge is -2.15. The molecule has 10 heteroatoms. The van der Waals surface area contributed by atoms with Crippen molar-refractivity contribution in [1.29, 1.82) is 0 Å². The van der Waals surface area contributed by atoms with E-state index >= 15 is 0 Å². The smallest absolute Gasteiger partial charge is 0.333 e. The van der Waals surface area contributed by atoms with E-state index in [4.69, 9.17) is 0 Å². The lowest BCUT2D eigenvalue weighted by Crippen LogP contribution is -2.11. The predicted molar refractivity (Wildman–Crippen MR) is 91.7 cm³/mol. The second kappa shape index (κ2) is 6.99. The van der Waals surface area contributed by atoms with Crippen LogP contribution in [-0.4, -0.2) is 15.8 Å². The van der Waals surface area contributed by atoms with Crippen LogP contribution in [0.2, 0.25) is 0 Å². The number of aryl methyl sites for hydroxylation is 2. The van der Waals surface area contributed by atoms with E-state index in [1.54, 1.807) is 0 Å². The molecule has 0 aliphatic heterocycles. The van der Waals surface area contributed by atoms with Gasteiger partial charge in [0.05, 0.1) is 6.20 Å². The fraction of sp³-hybridized carbons (Fsp3) is 0.412. The number of nitrogens with zero attached hydrogens (tertiary/aromatic N) is 3. The summed E-state index contributed by atoms with van der Waals surface area (Å²) in [7, 11) is -2.52. The van der Waals surface area contributed by atoms with Crippen molar-refractivity contribution in [1.82, 2.24) is 9.78 Å². The molecular weight excluding hydrogens is 381 g/mol. The molecule has 0 fully saturated rings. The average molecular weight is 397 g/mol. The summed E-state index contributed by atoms with van der Waals surface area (Å²) in [5, 5.41) is 5.09. The largest absolute Gasteiger partial charge is 0.438 e. The Morgan fingerprint density at radius 1 is 1.19 bits per heavy atom. The summed E-state index contributed by atoms with van der Waals surface area (Å²) in [5.41, 5.74) is 5.25. The number of alkyl halides is 2. The zero-order chi connectivity index (χ0) is 19.1. The highest BCUT2D eigenvalue weighted by atomic mass is 32.2. The maximum absolute atomic E-state index is 13.7. The third kappa shape index (κ3) is 3.33. The van der Waals surface area contributed by atoms with Gasteiger partial charge in [0.15, 0.2) is 0 Å². The summed E-state index contributed by atoms with van der Waals surface area (Å²) in [6.07, 6.45) is 6.00. The van der Waals surface area contributed by atoms with Crippen LogP contribution in [0.1, 0.15) is 41.6 Å². The highest BCUT2D eigenvalue weighted by Gasteiger charge is 2.24. The number of hydrogen-bond acceptors (Lipinski definition) is 4. The lowest BCUT2D eigenvalue weighted by molar-refractivity contribution is 0.0552. The summed E-state index contributed by atoms with van der Waals surface area (Å²) in [4.78, 5) is 12.3. The minimum absolute atomic E-state index is 0.0347. The molecule has 1 aromatic heterocycles. The fourth-order valence-corrected chi connectivity index (χ4v) is 4.45. The Kier molecular flexibility index (Phi) is 4.67. The molecular formula is C17H16F3N4O2S-. The van der Waals surface area contributed by atoms with E-state index in [9.17, 15) is 22.2 Å². The zero-order valence-electron chi connectivity index (χ0n) is 14.2. The van der Waals surface area contributed by atoms with Crippen LogP contribution in [-0.2, 0) is 40.5 Å². The minimum atomic E-state index is -3.08. The quantitative estimate of drug-likeness (QED) is 0.791. The number of nitrogens with one attached hydrogen (secondary N) is 1. The van der Waals surface area contributed by atoms with E-state index in [2.05, 4.69) is 20.8 Å². The average Bonchev–Trinajstić information content (AvgIpc) is 3.32. The SMILES string of the molecule is O=C(N=[S-](=O)c1nn(C(F)F)cc1F)Nc1c2c(cc3c1CCC3)CCC2. The molecule has 2 aliphatic rings. The Morgan fingerprint density at radius 2 is 1.81 bits per heavy atom. The molecule has 1 heterocycles. The molecule has 2 aromatic rings. The number of urea groups is 1. The monoisotopic (exact) mass is 397 g/mol. The number of anilines is 1. The Hall–Kier alpha value is -2.36. The molecule has 1 aromatic carbocycles. The van der Waals surface area contributed by atoms with Gasteiger partial charge >= 0.3 is 12.6 Å². The van der Waals surface area contributed by atoms with Gasteiger partial charge in [-0.05, 0) is 60.8 Å². The van der Waals surface area contributed by atoms with Crippen LogP contribution in [0, 0.1) is 5.82 Å². The molecule has 2 amide bonds. The van der Waals surface area contributed by atoms with Gasteiger partial charge in [-0.2, -0.15) is 13.9 Å². The molecule has 2 aliphatic carbocycles. The lowest BCUT2D eigenvalue weighted by atomic mass is 9.99. The standard InChI is InChI=1S/C17H16F3N4O2S/c18-13-8-24(16(19)20)22-15(13)27(26)23-17(25)21-14-11-5-1-3-9(11)7-10-4-2-6-12(10)14/h7-8,16H,1-6H2,(H,21,25)/q-1. The van der Waals surface area contributed by atoms with Gasteiger partial charge in [-0.15, -0.1) is 10.6 Å². The van der Waals surface area contributed by atoms with Gasteiger partial charge in [0, 0.05) is 10.7 Å². The number of amides is 2. The first-order chi connectivity index (χ1) is 12.9. The van der Waals surface area contributed by atoms with Gasteiger partial charge in [0.1, 0.15) is 5.82 Å². The Balaban J connectivity index is 1.62. The summed E-state index contributed by atoms with van der Waals surface area (Å²) >= 11 is 0. The molecule has 4 rings (SSSR count). The van der Waals surface area contributed by atoms with Gasteiger partial charge in [-0.1, -0.05) is 6.07 Å². The maximum Gasteiger partial charge on any atom is 0.333 e. The van der Waals surface area contributed by atoms with Crippen molar-refractivity contribution in [2.24, 2.45) is 4.36 Å². The van der Waals surface area contributed by atoms with Gasteiger partial charge in [-0.3, -0.25) is 0 Å². The third-order valence-electron chi connectivity index (χ3n) is 4.89. The van der Waals surface area contributed by atoms with Crippen molar-refractivity contribution in [2.75, 3.05) is 5.32 Å². The van der Waals surface area contributed by atoms with Crippen molar-refractivity contribution in [3.63, 3.8) is 0 Å². The summed E-state index contributed by atoms with van der Waals surface area (Å²) < 4.78 is 54.3. The van der Waals surface area contributed by atoms with Crippen LogP contribution in [0.3, 0.4) is 0 Å². The van der Waals surface area contributed by atoms with Crippen LogP contribution in [0.25, 0.3) is 0 Å². The van der Waals surface area contributed by atoms with Crippen molar-refractivity contribution in [3.05, 3.63) is 40.3 Å². The molecule has 0 radical (unpaired) electrons. The van der Waals surface area contributed by atoms with Crippen LogP contribution in [0.4, 0.5) is 23.7 Å². The third-order valence-corrected chi connectivity index (χ3v) is 5.83. The first kappa shape index (κ1) is 18.0. The molecule has 0 spiro atoms. The first-order valence-corrected chi connectivity index (χ1v) is 9.68. The number of benzene rings is 1. The molecule has 0 atom stereocenters. The number of aromatic nitrogens is 2. The van der Waals surface area contributed by atoms with Crippen molar-refractivity contribution < 1.29 is 22.2 Å². The number of carbonyl (C=O) groups excluding carboxylic acids is 1. The fourth-order valence-electron chi connectivity index (χ4n) is 3.79. The van der Waals surface area contributed by atoms with Gasteiger partial charge in [-0.25, -0.2) is 13.9 Å². The summed E-state index contributed by atoms with van der Waals surface area (Å²) in [5.74, 6) is -1.20. The summed E-state index contributed by atoms with van der Waals surface area (Å²) in [6.45, 7) is -3.08. The van der Waals surface area contributed by atoms with Crippen molar-refractivity contribution in [3.8, 4) is 0 Å². The Bertz CT molecular complexity index is 980. The Labute approximate surface area is 155 Å². The van der Waals surface area contributed by atoms with E-state index in [-0.39, 0.29) is 4.68 Å². The number of rotatable bonds is 3. The first-order valence-electron chi connectivity index (χ1n) is 8.58. The van der Waals surface area contributed by atoms with Gasteiger partial charge in [0.25, 0.3) is 0 Å². The minimum Gasteiger partial charge on any atom is -0.438 e. The topological polar surface area (TPSA) is 76.3 Å². The maximum atomic E-state index is 13.7. The number of halogens is 3. The molecule has 0 bridgehead atoms. The number of carbonyl (C=O) groups is 1. The molecule has 27 heavy (non-hydrogen) atoms. The Morgan fingerprint density at radius 3 is 2.37 bits per heavy atom. The van der Waals surface area contributed by atoms with Crippen LogP contribution < -0.4 is 5.32 Å². The van der Waals surface area contributed by atoms with Crippen LogP contribution >= 0.6 is 0 Å². The number of hydrogen-bond donors (Lipinski definition) is 1. The second-order valence-corrected chi connectivity index (χ2v) is 7.61. The van der Waals surface area contributed by atoms with Gasteiger partial charge in [0.2, 0.25) is 0 Å². The van der Waals surface area contributed by atoms with E-state index < -0.39 is 34.0 Å². The van der Waals surface area contributed by atoms with Crippen molar-refractivity contribution >= 4 is 22.3 Å². The molecule has 144 valence electrons. The number of fused-ring (bicyclic) bond motifs is 2. The molecule has 0 saturated heterocycles. The normalized spacial score (nSPS) is 16.6. The summed E-state index contributed by atoms with van der Waals surface area (Å²) in [6, 6.07) is 1.29. The molecule has 0 saturated carbocycles. The van der Waals surface area contributed by atoms with Gasteiger partial charge < -0.3 is 13.9 Å². The van der Waals surface area contributed by atoms with E-state index in [1.807, 2.05) is 0 Å². The van der Waals surface area contributed by atoms with Crippen molar-refractivity contribution in [2.45, 2.75) is 50.1 Å². The molecule has 6 nitrogen and oxygen atoms in total. The van der Waals surface area contributed by atoms with E-state index in [0.717, 1.165) is 49.7 Å². The highest BCUT2D eigenvalue weighted by molar-refractivity contribution is 7.75.